The number of aliphatic hydroxyl groups excluding tert-OH is 1. The molecule has 0 aromatic heterocycles. The molecular weight excluding hydrogens is 196 g/mol. The zero-order valence-electron chi connectivity index (χ0n) is 11.0. The van der Waals surface area contributed by atoms with E-state index in [1.807, 2.05) is 6.92 Å². The molecule has 1 rings (SSSR count). The Morgan fingerprint density at radius 3 is 1.75 bits per heavy atom. The number of hydrogen-bond donors (Lipinski definition) is 1. The van der Waals surface area contributed by atoms with E-state index in [4.69, 9.17) is 0 Å². The molecule has 1 aromatic carbocycles. The van der Waals surface area contributed by atoms with E-state index < -0.39 is 0 Å². The maximum atomic E-state index is 9.21. The first-order valence-corrected chi connectivity index (χ1v) is 6.04. The fourth-order valence-electron chi connectivity index (χ4n) is 1.68. The summed E-state index contributed by atoms with van der Waals surface area (Å²) in [5, 5.41) is 9.21. The second kappa shape index (κ2) is 5.49. The van der Waals surface area contributed by atoms with Crippen molar-refractivity contribution in [3.8, 4) is 0 Å². The third-order valence-electron chi connectivity index (χ3n) is 3.04. The van der Waals surface area contributed by atoms with E-state index in [2.05, 4.69) is 45.9 Å². The largest absolute Gasteiger partial charge is 0.395 e. The van der Waals surface area contributed by atoms with Crippen molar-refractivity contribution in [3.05, 3.63) is 40.8 Å². The third kappa shape index (κ3) is 3.08. The molecule has 0 atom stereocenters. The molecule has 0 heterocycles. The van der Waals surface area contributed by atoms with Gasteiger partial charge in [0.1, 0.15) is 0 Å². The highest BCUT2D eigenvalue weighted by atomic mass is 16.3. The fourth-order valence-corrected chi connectivity index (χ4v) is 1.68. The predicted octanol–water partition coefficient (Wildman–Crippen LogP) is 3.87. The van der Waals surface area contributed by atoms with Gasteiger partial charge in [0.15, 0.2) is 0 Å². The number of aliphatic hydroxyl groups is 1. The Morgan fingerprint density at radius 1 is 1.00 bits per heavy atom. The van der Waals surface area contributed by atoms with Crippen LogP contribution >= 0.6 is 0 Å². The van der Waals surface area contributed by atoms with Crippen molar-refractivity contribution < 1.29 is 5.11 Å². The minimum atomic E-state index is 0.138. The van der Waals surface area contributed by atoms with Crippen molar-refractivity contribution in [1.82, 2.24) is 0 Å². The average molecular weight is 219 g/mol. The predicted molar refractivity (Wildman–Crippen MR) is 69.7 cm³/mol. The molecule has 89 valence electrons. The highest BCUT2D eigenvalue weighted by Gasteiger charge is 2.11. The maximum absolute atomic E-state index is 9.21. The minimum absolute atomic E-state index is 0.138. The van der Waals surface area contributed by atoms with Gasteiger partial charge in [0.25, 0.3) is 0 Å². The molecule has 1 aromatic rings. The molecule has 1 heteroatoms. The Morgan fingerprint density at radius 2 is 1.44 bits per heavy atom. The van der Waals surface area contributed by atoms with Crippen LogP contribution in [-0.2, 0) is 0 Å². The third-order valence-corrected chi connectivity index (χ3v) is 3.04. The Balaban J connectivity index is 3.18. The van der Waals surface area contributed by atoms with Crippen LogP contribution in [0.15, 0.2) is 18.2 Å². The van der Waals surface area contributed by atoms with Gasteiger partial charge >= 0.3 is 0 Å². The van der Waals surface area contributed by atoms with Gasteiger partial charge in [-0.3, -0.25) is 0 Å². The summed E-state index contributed by atoms with van der Waals surface area (Å²) in [7, 11) is 0. The van der Waals surface area contributed by atoms with Gasteiger partial charge in [0.2, 0.25) is 0 Å². The van der Waals surface area contributed by atoms with Crippen LogP contribution in [0.4, 0.5) is 0 Å². The molecule has 0 amide bonds. The fraction of sp³-hybridized carbons (Fsp3) is 0.533. The highest BCUT2D eigenvalue weighted by molar-refractivity contribution is 5.40. The normalized spacial score (nSPS) is 11.8. The molecule has 1 N–H and O–H groups in total. The maximum Gasteiger partial charge on any atom is 0.0534 e. The first kappa shape index (κ1) is 13.2. The van der Waals surface area contributed by atoms with Crippen molar-refractivity contribution in [2.75, 3.05) is 6.61 Å². The summed E-state index contributed by atoms with van der Waals surface area (Å²) in [5.74, 6) is 2.11. The van der Waals surface area contributed by atoms with E-state index >= 15 is 0 Å². The Bertz CT molecular complexity index is 313. The SMILES string of the molecule is C[C](CO)c1cc(C(C)C)cc(C(C)C)c1. The van der Waals surface area contributed by atoms with E-state index in [1.54, 1.807) is 0 Å². The molecule has 0 aliphatic carbocycles. The second-order valence-corrected chi connectivity index (χ2v) is 5.14. The van der Waals surface area contributed by atoms with Gasteiger partial charge in [0.05, 0.1) is 6.61 Å². The van der Waals surface area contributed by atoms with Crippen molar-refractivity contribution in [1.29, 1.82) is 0 Å². The average Bonchev–Trinajstić information content (AvgIpc) is 2.27. The molecule has 0 saturated carbocycles. The van der Waals surface area contributed by atoms with Crippen molar-refractivity contribution in [2.45, 2.75) is 46.5 Å². The highest BCUT2D eigenvalue weighted by Crippen LogP contribution is 2.26. The molecule has 1 radical (unpaired) electrons. The number of rotatable bonds is 4. The van der Waals surface area contributed by atoms with E-state index in [9.17, 15) is 5.11 Å². The van der Waals surface area contributed by atoms with Crippen molar-refractivity contribution in [2.24, 2.45) is 0 Å². The smallest absolute Gasteiger partial charge is 0.0534 e. The van der Waals surface area contributed by atoms with Crippen LogP contribution in [0.5, 0.6) is 0 Å². The molecule has 0 bridgehead atoms. The molecule has 0 aliphatic heterocycles. The molecule has 0 fully saturated rings. The zero-order chi connectivity index (χ0) is 12.3. The molecule has 0 aliphatic rings. The Hall–Kier alpha value is -0.820. The lowest BCUT2D eigenvalue weighted by Gasteiger charge is -2.16. The van der Waals surface area contributed by atoms with Crippen LogP contribution in [0, 0.1) is 5.92 Å². The molecule has 16 heavy (non-hydrogen) atoms. The van der Waals surface area contributed by atoms with Crippen LogP contribution in [0.25, 0.3) is 0 Å². The summed E-state index contributed by atoms with van der Waals surface area (Å²) in [6.45, 7) is 11.0. The van der Waals surface area contributed by atoms with Gasteiger partial charge < -0.3 is 5.11 Å². The van der Waals surface area contributed by atoms with Crippen molar-refractivity contribution in [3.63, 3.8) is 0 Å². The van der Waals surface area contributed by atoms with Gasteiger partial charge in [0, 0.05) is 5.92 Å². The van der Waals surface area contributed by atoms with Crippen LogP contribution in [0.2, 0.25) is 0 Å². The molecule has 0 spiro atoms. The molecular formula is C15H23O. The second-order valence-electron chi connectivity index (χ2n) is 5.14. The number of hydrogen-bond acceptors (Lipinski definition) is 1. The summed E-state index contributed by atoms with van der Waals surface area (Å²) in [4.78, 5) is 0. The van der Waals surface area contributed by atoms with Gasteiger partial charge in [-0.25, -0.2) is 0 Å². The van der Waals surface area contributed by atoms with Crippen molar-refractivity contribution >= 4 is 0 Å². The van der Waals surface area contributed by atoms with E-state index in [-0.39, 0.29) is 6.61 Å². The van der Waals surface area contributed by atoms with Gasteiger partial charge in [-0.1, -0.05) is 52.8 Å². The number of benzene rings is 1. The Labute approximate surface area is 99.5 Å². The Kier molecular flexibility index (Phi) is 4.55. The van der Waals surface area contributed by atoms with E-state index in [0.717, 1.165) is 5.92 Å². The van der Waals surface area contributed by atoms with E-state index in [1.165, 1.54) is 16.7 Å². The summed E-state index contributed by atoms with van der Waals surface area (Å²) in [5.41, 5.74) is 3.89. The van der Waals surface area contributed by atoms with Gasteiger partial charge in [-0.15, -0.1) is 0 Å². The molecule has 1 nitrogen and oxygen atoms in total. The zero-order valence-corrected chi connectivity index (χ0v) is 11.0. The lowest BCUT2D eigenvalue weighted by molar-refractivity contribution is 0.315. The lowest BCUT2D eigenvalue weighted by atomic mass is 9.89. The standard InChI is InChI=1S/C15H23O/c1-10(2)13-6-14(11(3)4)8-15(7-13)12(5)9-16/h6-8,10-11,16H,9H2,1-5H3. The van der Waals surface area contributed by atoms with E-state index in [0.29, 0.717) is 11.8 Å². The summed E-state index contributed by atoms with van der Waals surface area (Å²) in [6, 6.07) is 6.67. The summed E-state index contributed by atoms with van der Waals surface area (Å²) in [6.07, 6.45) is 0. The van der Waals surface area contributed by atoms with Gasteiger partial charge in [-0.2, -0.15) is 0 Å². The first-order chi connectivity index (χ1) is 7.45. The molecule has 0 unspecified atom stereocenters. The van der Waals surface area contributed by atoms with Crippen LogP contribution < -0.4 is 0 Å². The summed E-state index contributed by atoms with van der Waals surface area (Å²) < 4.78 is 0. The quantitative estimate of drug-likeness (QED) is 0.815. The topological polar surface area (TPSA) is 20.2 Å². The monoisotopic (exact) mass is 219 g/mol. The lowest BCUT2D eigenvalue weighted by Crippen LogP contribution is -2.03. The van der Waals surface area contributed by atoms with Crippen LogP contribution in [0.1, 0.15) is 63.1 Å². The van der Waals surface area contributed by atoms with Gasteiger partial charge in [-0.05, 0) is 28.5 Å². The molecule has 0 saturated heterocycles. The minimum Gasteiger partial charge on any atom is -0.395 e. The van der Waals surface area contributed by atoms with Crippen LogP contribution in [0.3, 0.4) is 0 Å². The van der Waals surface area contributed by atoms with Crippen LogP contribution in [-0.4, -0.2) is 11.7 Å². The summed E-state index contributed by atoms with van der Waals surface area (Å²) >= 11 is 0. The first-order valence-electron chi connectivity index (χ1n) is 6.04.